The second kappa shape index (κ2) is 9.02. The van der Waals surface area contributed by atoms with Crippen LogP contribution in [0.1, 0.15) is 33.4 Å². The molecule has 162 valence electrons. The van der Waals surface area contributed by atoms with Gasteiger partial charge in [0, 0.05) is 16.5 Å². The first kappa shape index (κ1) is 21.9. The average molecular weight is 472 g/mol. The van der Waals surface area contributed by atoms with E-state index in [2.05, 4.69) is 5.32 Å². The maximum absolute atomic E-state index is 13.3. The van der Waals surface area contributed by atoms with Gasteiger partial charge in [0.25, 0.3) is 5.91 Å². The van der Waals surface area contributed by atoms with Crippen molar-refractivity contribution in [3.05, 3.63) is 93.4 Å². The first-order valence-corrected chi connectivity index (χ1v) is 10.4. The minimum Gasteiger partial charge on any atom is -0.491 e. The minimum absolute atomic E-state index is 0.0747. The van der Waals surface area contributed by atoms with Gasteiger partial charge < -0.3 is 14.5 Å². The van der Waals surface area contributed by atoms with Crippen LogP contribution in [0.4, 0.5) is 10.1 Å². The lowest BCUT2D eigenvalue weighted by molar-refractivity contribution is 0.101. The Labute approximate surface area is 192 Å². The van der Waals surface area contributed by atoms with Crippen molar-refractivity contribution >= 4 is 51.5 Å². The molecule has 8 heteroatoms. The molecule has 5 nitrogen and oxygen atoms in total. The second-order valence-electron chi connectivity index (χ2n) is 6.79. The van der Waals surface area contributed by atoms with Gasteiger partial charge in [-0.1, -0.05) is 35.3 Å². The summed E-state index contributed by atoms with van der Waals surface area (Å²) in [5.74, 6) is -1.30. The fourth-order valence-corrected chi connectivity index (χ4v) is 3.82. The van der Waals surface area contributed by atoms with Gasteiger partial charge in [-0.25, -0.2) is 4.39 Å². The molecule has 0 saturated heterocycles. The molecule has 4 rings (SSSR count). The van der Waals surface area contributed by atoms with Crippen LogP contribution in [-0.4, -0.2) is 18.3 Å². The van der Waals surface area contributed by atoms with Crippen molar-refractivity contribution in [3.8, 4) is 5.75 Å². The zero-order valence-electron chi connectivity index (χ0n) is 16.7. The molecule has 32 heavy (non-hydrogen) atoms. The van der Waals surface area contributed by atoms with E-state index in [9.17, 15) is 14.0 Å². The van der Waals surface area contributed by atoms with E-state index in [1.807, 2.05) is 0 Å². The molecule has 1 N–H and O–H groups in total. The summed E-state index contributed by atoms with van der Waals surface area (Å²) < 4.78 is 24.4. The first-order valence-electron chi connectivity index (χ1n) is 9.64. The van der Waals surface area contributed by atoms with Crippen molar-refractivity contribution in [1.82, 2.24) is 0 Å². The molecule has 3 aromatic carbocycles. The maximum Gasteiger partial charge on any atom is 0.255 e. The second-order valence-corrected chi connectivity index (χ2v) is 7.61. The van der Waals surface area contributed by atoms with Gasteiger partial charge in [-0.15, -0.1) is 0 Å². The van der Waals surface area contributed by atoms with Crippen molar-refractivity contribution in [2.24, 2.45) is 0 Å². The zero-order chi connectivity index (χ0) is 22.8. The summed E-state index contributed by atoms with van der Waals surface area (Å²) in [5, 5.41) is 3.64. The highest BCUT2D eigenvalue weighted by Gasteiger charge is 2.24. The Morgan fingerprint density at radius 1 is 1.00 bits per heavy atom. The zero-order valence-corrected chi connectivity index (χ0v) is 18.3. The topological polar surface area (TPSA) is 68.5 Å². The third-order valence-electron chi connectivity index (χ3n) is 4.70. The summed E-state index contributed by atoms with van der Waals surface area (Å²) in [5.41, 5.74) is 0.999. The third-order valence-corrected chi connectivity index (χ3v) is 5.26. The van der Waals surface area contributed by atoms with Crippen molar-refractivity contribution in [3.63, 3.8) is 0 Å². The Hall–Kier alpha value is -3.35. The summed E-state index contributed by atoms with van der Waals surface area (Å²) in [7, 11) is 0. The average Bonchev–Trinajstić information content (AvgIpc) is 3.14. The van der Waals surface area contributed by atoms with Crippen LogP contribution in [0.25, 0.3) is 11.0 Å². The monoisotopic (exact) mass is 471 g/mol. The van der Waals surface area contributed by atoms with Gasteiger partial charge in [-0.2, -0.15) is 0 Å². The van der Waals surface area contributed by atoms with Crippen molar-refractivity contribution in [2.45, 2.75) is 6.92 Å². The number of para-hydroxylation sites is 1. The molecule has 0 aliphatic rings. The van der Waals surface area contributed by atoms with Crippen LogP contribution < -0.4 is 10.1 Å². The molecule has 0 radical (unpaired) electrons. The van der Waals surface area contributed by atoms with Crippen LogP contribution in [0.2, 0.25) is 10.0 Å². The van der Waals surface area contributed by atoms with Gasteiger partial charge in [0.15, 0.2) is 11.5 Å². The molecule has 0 fully saturated rings. The number of halogens is 3. The lowest BCUT2D eigenvalue weighted by Crippen LogP contribution is -2.14. The number of fused-ring (bicyclic) bond motifs is 1. The van der Waals surface area contributed by atoms with Crippen LogP contribution >= 0.6 is 23.2 Å². The molecule has 1 amide bonds. The van der Waals surface area contributed by atoms with Gasteiger partial charge in [0.2, 0.25) is 5.78 Å². The number of carbonyl (C=O) groups is 2. The maximum atomic E-state index is 13.3. The molecule has 4 aromatic rings. The molecule has 0 bridgehead atoms. The van der Waals surface area contributed by atoms with Gasteiger partial charge in [0.1, 0.15) is 11.4 Å². The SMILES string of the molecule is CCOc1c(Cl)cc(C(=O)Nc2c(C(=O)c3ccc(F)cc3)oc3ccccc23)cc1Cl. The molecule has 0 atom stereocenters. The van der Waals surface area contributed by atoms with Crippen LogP contribution in [0, 0.1) is 5.82 Å². The first-order chi connectivity index (χ1) is 15.4. The number of ether oxygens (including phenoxy) is 1. The molecule has 0 aliphatic carbocycles. The number of furan rings is 1. The summed E-state index contributed by atoms with van der Waals surface area (Å²) in [6.07, 6.45) is 0. The summed E-state index contributed by atoms with van der Waals surface area (Å²) in [6.45, 7) is 2.15. The van der Waals surface area contributed by atoms with E-state index in [0.29, 0.717) is 17.6 Å². The molecule has 0 unspecified atom stereocenters. The van der Waals surface area contributed by atoms with Crippen molar-refractivity contribution < 1.29 is 23.1 Å². The summed E-state index contributed by atoms with van der Waals surface area (Å²) >= 11 is 12.4. The Balaban J connectivity index is 1.74. The fraction of sp³-hybridized carbons (Fsp3) is 0.0833. The highest BCUT2D eigenvalue weighted by molar-refractivity contribution is 6.38. The highest BCUT2D eigenvalue weighted by atomic mass is 35.5. The Morgan fingerprint density at radius 3 is 2.31 bits per heavy atom. The number of nitrogens with one attached hydrogen (secondary N) is 1. The largest absolute Gasteiger partial charge is 0.491 e. The highest BCUT2D eigenvalue weighted by Crippen LogP contribution is 2.36. The fourth-order valence-electron chi connectivity index (χ4n) is 3.22. The van der Waals surface area contributed by atoms with Gasteiger partial charge in [-0.05, 0) is 55.5 Å². The number of anilines is 1. The summed E-state index contributed by atoms with van der Waals surface area (Å²) in [6, 6.07) is 14.8. The number of rotatable bonds is 6. The van der Waals surface area contributed by atoms with Crippen molar-refractivity contribution in [1.29, 1.82) is 0 Å². The van der Waals surface area contributed by atoms with Crippen molar-refractivity contribution in [2.75, 3.05) is 11.9 Å². The lowest BCUT2D eigenvalue weighted by atomic mass is 10.1. The van der Waals surface area contributed by atoms with Gasteiger partial charge in [0.05, 0.1) is 22.3 Å². The van der Waals surface area contributed by atoms with E-state index in [0.717, 1.165) is 0 Å². The molecule has 1 heterocycles. The smallest absolute Gasteiger partial charge is 0.255 e. The molecule has 0 saturated carbocycles. The van der Waals surface area contributed by atoms with E-state index < -0.39 is 17.5 Å². The number of hydrogen-bond donors (Lipinski definition) is 1. The van der Waals surface area contributed by atoms with E-state index in [1.54, 1.807) is 31.2 Å². The van der Waals surface area contributed by atoms with Crippen LogP contribution in [0.15, 0.2) is 65.1 Å². The van der Waals surface area contributed by atoms with E-state index in [1.165, 1.54) is 36.4 Å². The van der Waals surface area contributed by atoms with Gasteiger partial charge >= 0.3 is 0 Å². The number of hydrogen-bond acceptors (Lipinski definition) is 4. The van der Waals surface area contributed by atoms with Crippen LogP contribution in [-0.2, 0) is 0 Å². The molecule has 0 aliphatic heterocycles. The standard InChI is InChI=1S/C24H16Cl2FNO4/c1-2-31-22-17(25)11-14(12-18(22)26)24(30)28-20-16-5-3-4-6-19(16)32-23(20)21(29)13-7-9-15(27)10-8-13/h3-12H,2H2,1H3,(H,28,30). The summed E-state index contributed by atoms with van der Waals surface area (Å²) in [4.78, 5) is 26.1. The Bertz CT molecular complexity index is 1310. The normalized spacial score (nSPS) is 10.9. The lowest BCUT2D eigenvalue weighted by Gasteiger charge is -2.11. The number of benzene rings is 3. The predicted molar refractivity (Wildman–Crippen MR) is 122 cm³/mol. The van der Waals surface area contributed by atoms with Crippen LogP contribution in [0.3, 0.4) is 0 Å². The van der Waals surface area contributed by atoms with E-state index >= 15 is 0 Å². The third kappa shape index (κ3) is 4.20. The molecular formula is C24H16Cl2FNO4. The van der Waals surface area contributed by atoms with Crippen LogP contribution in [0.5, 0.6) is 5.75 Å². The van der Waals surface area contributed by atoms with E-state index in [4.69, 9.17) is 32.4 Å². The molecular weight excluding hydrogens is 456 g/mol. The van der Waals surface area contributed by atoms with Gasteiger partial charge in [-0.3, -0.25) is 9.59 Å². The molecule has 1 aromatic heterocycles. The number of ketones is 1. The number of carbonyl (C=O) groups excluding carboxylic acids is 2. The number of amides is 1. The predicted octanol–water partition coefficient (Wildman–Crippen LogP) is 6.76. The van der Waals surface area contributed by atoms with E-state index in [-0.39, 0.29) is 38.4 Å². The Kier molecular flexibility index (Phi) is 6.17. The Morgan fingerprint density at radius 2 is 1.66 bits per heavy atom. The minimum atomic E-state index is -0.545. The quantitative estimate of drug-likeness (QED) is 0.315. The molecule has 0 spiro atoms.